The molecule has 186 valence electrons. The first-order valence-corrected chi connectivity index (χ1v) is 11.9. The highest BCUT2D eigenvalue weighted by molar-refractivity contribution is 5.79. The van der Waals surface area contributed by atoms with E-state index >= 15 is 0 Å². The number of nitrogens with one attached hydrogen (secondary N) is 1. The van der Waals surface area contributed by atoms with Gasteiger partial charge in [-0.15, -0.1) is 0 Å². The average Bonchev–Trinajstić information content (AvgIpc) is 3.22. The molecular formula is C24H36F3N3O3. The first-order valence-electron chi connectivity index (χ1n) is 11.9. The third-order valence-electron chi connectivity index (χ3n) is 6.59. The summed E-state index contributed by atoms with van der Waals surface area (Å²) in [6, 6.07) is 1.19. The summed E-state index contributed by atoms with van der Waals surface area (Å²) >= 11 is 0. The molecule has 2 aliphatic heterocycles. The third-order valence-corrected chi connectivity index (χ3v) is 6.59. The molecule has 1 aromatic heterocycles. The molecule has 1 saturated heterocycles. The van der Waals surface area contributed by atoms with E-state index in [4.69, 9.17) is 4.74 Å². The van der Waals surface area contributed by atoms with Crippen molar-refractivity contribution in [2.75, 3.05) is 19.8 Å². The van der Waals surface area contributed by atoms with Crippen molar-refractivity contribution in [2.45, 2.75) is 89.7 Å². The minimum absolute atomic E-state index is 0.00102. The monoisotopic (exact) mass is 471 g/mol. The zero-order chi connectivity index (χ0) is 24.2. The van der Waals surface area contributed by atoms with Crippen LogP contribution < -0.4 is 5.32 Å². The number of pyridine rings is 1. The summed E-state index contributed by atoms with van der Waals surface area (Å²) in [5.41, 5.74) is -0.584. The fraction of sp³-hybridized carbons (Fsp3) is 0.750. The minimum Gasteiger partial charge on any atom is -0.386 e. The van der Waals surface area contributed by atoms with Gasteiger partial charge < -0.3 is 20.1 Å². The second-order valence-electron chi connectivity index (χ2n) is 9.67. The molecule has 0 spiro atoms. The Hall–Kier alpha value is -1.71. The van der Waals surface area contributed by atoms with Crippen LogP contribution in [0.15, 0.2) is 12.3 Å². The third kappa shape index (κ3) is 6.45. The van der Waals surface area contributed by atoms with Crippen LogP contribution in [-0.4, -0.2) is 58.3 Å². The number of nitrogens with zero attached hydrogens (tertiary/aromatic N) is 2. The molecule has 3 aliphatic rings. The number of aromatic nitrogens is 1. The van der Waals surface area contributed by atoms with Crippen molar-refractivity contribution >= 4 is 5.91 Å². The lowest BCUT2D eigenvalue weighted by molar-refractivity contribution is -0.137. The van der Waals surface area contributed by atoms with Crippen LogP contribution in [0.3, 0.4) is 0 Å². The highest BCUT2D eigenvalue weighted by Gasteiger charge is 2.40. The van der Waals surface area contributed by atoms with Gasteiger partial charge >= 0.3 is 6.18 Å². The summed E-state index contributed by atoms with van der Waals surface area (Å²) in [6.45, 7) is 7.56. The summed E-state index contributed by atoms with van der Waals surface area (Å²) in [4.78, 5) is 18.7. The van der Waals surface area contributed by atoms with Gasteiger partial charge in [-0.2, -0.15) is 13.2 Å². The van der Waals surface area contributed by atoms with Gasteiger partial charge in [0, 0.05) is 56.0 Å². The molecule has 1 aliphatic carbocycles. The van der Waals surface area contributed by atoms with E-state index in [0.29, 0.717) is 43.9 Å². The Morgan fingerprint density at radius 2 is 2.06 bits per heavy atom. The molecule has 0 radical (unpaired) electrons. The Bertz CT molecular complexity index is 816. The second kappa shape index (κ2) is 10.7. The van der Waals surface area contributed by atoms with E-state index in [2.05, 4.69) is 24.1 Å². The van der Waals surface area contributed by atoms with E-state index in [1.807, 2.05) is 0 Å². The minimum atomic E-state index is -4.44. The summed E-state index contributed by atoms with van der Waals surface area (Å²) in [7, 11) is 0. The Labute approximate surface area is 193 Å². The highest BCUT2D eigenvalue weighted by Crippen LogP contribution is 2.33. The maximum atomic E-state index is 13.0. The quantitative estimate of drug-likeness (QED) is 0.703. The molecular weight excluding hydrogens is 435 g/mol. The molecule has 1 aromatic rings. The fourth-order valence-corrected chi connectivity index (χ4v) is 4.82. The van der Waals surface area contributed by atoms with Crippen molar-refractivity contribution in [2.24, 2.45) is 5.92 Å². The predicted octanol–water partition coefficient (Wildman–Crippen LogP) is 3.70. The van der Waals surface area contributed by atoms with Crippen LogP contribution in [0, 0.1) is 5.92 Å². The molecule has 4 rings (SSSR count). The highest BCUT2D eigenvalue weighted by atomic mass is 19.4. The molecule has 0 bridgehead atoms. The van der Waals surface area contributed by atoms with E-state index in [1.165, 1.54) is 6.42 Å². The zero-order valence-corrected chi connectivity index (χ0v) is 19.7. The molecule has 2 fully saturated rings. The number of aliphatic hydroxyl groups is 1. The second-order valence-corrected chi connectivity index (χ2v) is 9.67. The van der Waals surface area contributed by atoms with Crippen LogP contribution in [-0.2, 0) is 28.7 Å². The standard InChI is InChI=1S/C21H28F3N3O3.C3H8/c1-20(29)12-30-7-5-18(20)26-16-3-2-13(9-16)19(28)27-6-4-17-14(11-27)8-15(10-25-17)21(22,23)24;1-3-2/h8,10,13,16,18,26,29H,2-7,9,11-12H2,1H3;3H2,1-2H3/t13-,16+,18?,20?;/m0./s1. The number of amides is 1. The molecule has 1 saturated carbocycles. The van der Waals surface area contributed by atoms with E-state index in [0.717, 1.165) is 31.5 Å². The maximum Gasteiger partial charge on any atom is 0.417 e. The normalized spacial score (nSPS) is 29.8. The Morgan fingerprint density at radius 3 is 2.73 bits per heavy atom. The predicted molar refractivity (Wildman–Crippen MR) is 118 cm³/mol. The average molecular weight is 472 g/mol. The van der Waals surface area contributed by atoms with Crippen LogP contribution in [0.2, 0.25) is 0 Å². The molecule has 2 N–H and O–H groups in total. The zero-order valence-electron chi connectivity index (χ0n) is 19.7. The van der Waals surface area contributed by atoms with Crippen LogP contribution in [0.25, 0.3) is 0 Å². The lowest BCUT2D eigenvalue weighted by Gasteiger charge is -2.39. The molecule has 1 amide bonds. The van der Waals surface area contributed by atoms with Crippen LogP contribution in [0.1, 0.15) is 69.7 Å². The van der Waals surface area contributed by atoms with Gasteiger partial charge in [-0.1, -0.05) is 20.3 Å². The van der Waals surface area contributed by atoms with Gasteiger partial charge in [-0.25, -0.2) is 0 Å². The van der Waals surface area contributed by atoms with Crippen molar-refractivity contribution in [3.05, 3.63) is 29.1 Å². The Balaban J connectivity index is 0.000000968. The van der Waals surface area contributed by atoms with Crippen LogP contribution in [0.5, 0.6) is 0 Å². The lowest BCUT2D eigenvalue weighted by Crippen LogP contribution is -2.57. The number of carbonyl (C=O) groups excluding carboxylic acids is 1. The largest absolute Gasteiger partial charge is 0.417 e. The number of ether oxygens (including phenoxy) is 1. The number of carbonyl (C=O) groups is 1. The summed E-state index contributed by atoms with van der Waals surface area (Å²) < 4.78 is 44.3. The van der Waals surface area contributed by atoms with Crippen molar-refractivity contribution in [3.8, 4) is 0 Å². The summed E-state index contributed by atoms with van der Waals surface area (Å²) in [5, 5.41) is 14.0. The molecule has 9 heteroatoms. The molecule has 2 unspecified atom stereocenters. The first-order chi connectivity index (χ1) is 15.5. The molecule has 4 atom stereocenters. The number of rotatable bonds is 3. The van der Waals surface area contributed by atoms with Gasteiger partial charge in [-0.3, -0.25) is 9.78 Å². The van der Waals surface area contributed by atoms with Gasteiger partial charge in [0.15, 0.2) is 0 Å². The first kappa shape index (κ1) is 25.9. The van der Waals surface area contributed by atoms with Crippen molar-refractivity contribution in [1.29, 1.82) is 0 Å². The van der Waals surface area contributed by atoms with Crippen LogP contribution >= 0.6 is 0 Å². The van der Waals surface area contributed by atoms with Gasteiger partial charge in [0.1, 0.15) is 5.60 Å². The molecule has 6 nitrogen and oxygen atoms in total. The SMILES string of the molecule is CC1(O)COCCC1N[C@@H]1CC[C@H](C(=O)N2CCc3ncc(C(F)(F)F)cc3C2)C1.CCC. The van der Waals surface area contributed by atoms with E-state index < -0.39 is 17.3 Å². The smallest absolute Gasteiger partial charge is 0.386 e. The van der Waals surface area contributed by atoms with Crippen LogP contribution in [0.4, 0.5) is 13.2 Å². The van der Waals surface area contributed by atoms with Crippen molar-refractivity contribution in [1.82, 2.24) is 15.2 Å². The topological polar surface area (TPSA) is 74.7 Å². The van der Waals surface area contributed by atoms with E-state index in [1.54, 1.807) is 11.8 Å². The number of alkyl halides is 3. The number of halogens is 3. The van der Waals surface area contributed by atoms with Crippen molar-refractivity contribution in [3.63, 3.8) is 0 Å². The summed E-state index contributed by atoms with van der Waals surface area (Å²) in [5.74, 6) is -0.145. The Kier molecular flexibility index (Phi) is 8.40. The number of fused-ring (bicyclic) bond motifs is 1. The summed E-state index contributed by atoms with van der Waals surface area (Å²) in [6.07, 6.45) is 1.13. The number of hydrogen-bond acceptors (Lipinski definition) is 5. The number of hydrogen-bond donors (Lipinski definition) is 2. The lowest BCUT2D eigenvalue weighted by atomic mass is 9.91. The maximum absolute atomic E-state index is 13.0. The van der Waals surface area contributed by atoms with Gasteiger partial charge in [0.2, 0.25) is 5.91 Å². The molecule has 0 aromatic carbocycles. The Morgan fingerprint density at radius 1 is 1.33 bits per heavy atom. The van der Waals surface area contributed by atoms with Crippen molar-refractivity contribution < 1.29 is 27.8 Å². The van der Waals surface area contributed by atoms with E-state index in [9.17, 15) is 23.1 Å². The van der Waals surface area contributed by atoms with Gasteiger partial charge in [0.25, 0.3) is 0 Å². The fourth-order valence-electron chi connectivity index (χ4n) is 4.82. The molecule has 33 heavy (non-hydrogen) atoms. The van der Waals surface area contributed by atoms with Gasteiger partial charge in [-0.05, 0) is 44.2 Å². The van der Waals surface area contributed by atoms with Gasteiger partial charge in [0.05, 0.1) is 12.2 Å². The van der Waals surface area contributed by atoms with E-state index in [-0.39, 0.29) is 30.5 Å². The molecule has 3 heterocycles.